The Morgan fingerprint density at radius 3 is 2.77 bits per heavy atom. The van der Waals surface area contributed by atoms with Gasteiger partial charge in [-0.3, -0.25) is 4.57 Å². The third kappa shape index (κ3) is 4.15. The molecule has 1 aliphatic rings. The van der Waals surface area contributed by atoms with Crippen LogP contribution in [0.5, 0.6) is 0 Å². The van der Waals surface area contributed by atoms with E-state index in [1.54, 1.807) is 0 Å². The SMILES string of the molecule is Nc1ccn(C2(O)OC[C@H](OCP(=O)(O)O)[C@H]2O)c(=O)n1.[Na]. The quantitative estimate of drug-likeness (QED) is 0.278. The van der Waals surface area contributed by atoms with Crippen LogP contribution < -0.4 is 11.4 Å². The summed E-state index contributed by atoms with van der Waals surface area (Å²) < 4.78 is 21.1. The van der Waals surface area contributed by atoms with E-state index in [0.717, 1.165) is 6.20 Å². The van der Waals surface area contributed by atoms with Crippen LogP contribution >= 0.6 is 7.60 Å². The number of aliphatic hydroxyl groups excluding tert-OH is 1. The molecule has 1 unspecified atom stereocenters. The van der Waals surface area contributed by atoms with Gasteiger partial charge in [0.15, 0.2) is 6.10 Å². The molecule has 0 aromatic carbocycles. The average Bonchev–Trinajstić information content (AvgIpc) is 2.63. The molecule has 3 atom stereocenters. The van der Waals surface area contributed by atoms with E-state index in [2.05, 4.69) is 4.98 Å². The van der Waals surface area contributed by atoms with E-state index in [1.165, 1.54) is 6.07 Å². The summed E-state index contributed by atoms with van der Waals surface area (Å²) in [5.74, 6) is -2.54. The molecule has 1 saturated heterocycles. The summed E-state index contributed by atoms with van der Waals surface area (Å²) in [5.41, 5.74) is 4.34. The topological polar surface area (TPSA) is 177 Å². The van der Waals surface area contributed by atoms with Crippen molar-refractivity contribution in [3.05, 3.63) is 22.7 Å². The Kier molecular flexibility index (Phi) is 6.32. The molecule has 1 fully saturated rings. The molecular formula is C9H14N3NaO8P. The van der Waals surface area contributed by atoms with E-state index in [0.29, 0.717) is 4.57 Å². The fourth-order valence-electron chi connectivity index (χ4n) is 1.83. The van der Waals surface area contributed by atoms with Crippen molar-refractivity contribution in [1.82, 2.24) is 9.55 Å². The van der Waals surface area contributed by atoms with Crippen molar-refractivity contribution in [2.24, 2.45) is 0 Å². The smallest absolute Gasteiger partial charge is 0.353 e. The summed E-state index contributed by atoms with van der Waals surface area (Å²) in [5, 5.41) is 20.2. The minimum Gasteiger partial charge on any atom is -0.383 e. The number of nitrogen functional groups attached to an aromatic ring is 1. The Balaban J connectivity index is 0.00000242. The summed E-state index contributed by atoms with van der Waals surface area (Å²) in [6.07, 6.45) is -2.87. The Morgan fingerprint density at radius 1 is 1.59 bits per heavy atom. The van der Waals surface area contributed by atoms with Crippen LogP contribution in [0.25, 0.3) is 0 Å². The van der Waals surface area contributed by atoms with Gasteiger partial charge in [-0.25, -0.2) is 9.36 Å². The van der Waals surface area contributed by atoms with Crippen LogP contribution in [0.15, 0.2) is 17.1 Å². The average molecular weight is 346 g/mol. The van der Waals surface area contributed by atoms with Gasteiger partial charge in [-0.05, 0) is 6.07 Å². The van der Waals surface area contributed by atoms with Gasteiger partial charge in [-0.1, -0.05) is 0 Å². The van der Waals surface area contributed by atoms with Crippen molar-refractivity contribution in [2.45, 2.75) is 18.1 Å². The number of hydrogen-bond acceptors (Lipinski definition) is 8. The predicted octanol–water partition coefficient (Wildman–Crippen LogP) is -3.04. The second-order valence-electron chi connectivity index (χ2n) is 4.42. The summed E-state index contributed by atoms with van der Waals surface area (Å²) in [6, 6.07) is 1.21. The van der Waals surface area contributed by atoms with Gasteiger partial charge in [0.2, 0.25) is 0 Å². The molecule has 2 heterocycles. The maximum absolute atomic E-state index is 11.7. The van der Waals surface area contributed by atoms with Crippen molar-refractivity contribution in [2.75, 3.05) is 18.7 Å². The van der Waals surface area contributed by atoms with Crippen molar-refractivity contribution in [1.29, 1.82) is 0 Å². The molecule has 13 heteroatoms. The zero-order valence-corrected chi connectivity index (χ0v) is 14.5. The summed E-state index contributed by atoms with van der Waals surface area (Å²) in [4.78, 5) is 32.5. The molecule has 1 aromatic heterocycles. The monoisotopic (exact) mass is 346 g/mol. The van der Waals surface area contributed by atoms with Gasteiger partial charge in [0.05, 0.1) is 6.61 Å². The second-order valence-corrected chi connectivity index (χ2v) is 6.01. The van der Waals surface area contributed by atoms with Gasteiger partial charge >= 0.3 is 13.3 Å². The third-order valence-electron chi connectivity index (χ3n) is 2.82. The molecule has 119 valence electrons. The molecule has 0 saturated carbocycles. The van der Waals surface area contributed by atoms with Gasteiger partial charge in [0, 0.05) is 35.8 Å². The molecule has 22 heavy (non-hydrogen) atoms. The van der Waals surface area contributed by atoms with Gasteiger partial charge in [0.1, 0.15) is 18.3 Å². The van der Waals surface area contributed by atoms with Crippen molar-refractivity contribution >= 4 is 43.0 Å². The summed E-state index contributed by atoms with van der Waals surface area (Å²) in [6.45, 7) is -0.380. The largest absolute Gasteiger partial charge is 0.383 e. The summed E-state index contributed by atoms with van der Waals surface area (Å²) in [7, 11) is -4.44. The van der Waals surface area contributed by atoms with Gasteiger partial charge in [-0.15, -0.1) is 0 Å². The molecule has 0 amide bonds. The molecular weight excluding hydrogens is 332 g/mol. The molecule has 0 bridgehead atoms. The van der Waals surface area contributed by atoms with Crippen molar-refractivity contribution in [3.63, 3.8) is 0 Å². The van der Waals surface area contributed by atoms with E-state index in [-0.39, 0.29) is 42.0 Å². The molecule has 2 rings (SSSR count). The number of nitrogens with two attached hydrogens (primary N) is 1. The van der Waals surface area contributed by atoms with E-state index in [9.17, 15) is 19.6 Å². The van der Waals surface area contributed by atoms with E-state index in [4.69, 9.17) is 25.0 Å². The predicted molar refractivity (Wildman–Crippen MR) is 72.6 cm³/mol. The third-order valence-corrected chi connectivity index (χ3v) is 3.31. The van der Waals surface area contributed by atoms with Crippen LogP contribution in [0, 0.1) is 0 Å². The maximum Gasteiger partial charge on any atom is 0.353 e. The molecule has 0 aliphatic carbocycles. The van der Waals surface area contributed by atoms with E-state index in [1.807, 2.05) is 0 Å². The Bertz CT molecular complexity index is 636. The van der Waals surface area contributed by atoms with Crippen molar-refractivity contribution in [3.8, 4) is 0 Å². The first-order valence-electron chi connectivity index (χ1n) is 5.70. The van der Waals surface area contributed by atoms with E-state index >= 15 is 0 Å². The van der Waals surface area contributed by atoms with Crippen LogP contribution in [-0.2, 0) is 19.9 Å². The van der Waals surface area contributed by atoms with Crippen LogP contribution in [-0.4, -0.2) is 84.3 Å². The number of anilines is 1. The minimum atomic E-state index is -4.44. The van der Waals surface area contributed by atoms with Gasteiger partial charge < -0.3 is 35.2 Å². The zero-order chi connectivity index (χ0) is 15.8. The Morgan fingerprint density at radius 2 is 2.23 bits per heavy atom. The molecule has 0 spiro atoms. The number of hydrogen-bond donors (Lipinski definition) is 5. The summed E-state index contributed by atoms with van der Waals surface area (Å²) >= 11 is 0. The van der Waals surface area contributed by atoms with Crippen molar-refractivity contribution < 1.29 is 34.0 Å². The zero-order valence-electron chi connectivity index (χ0n) is 11.6. The number of rotatable bonds is 4. The second kappa shape index (κ2) is 7.05. The molecule has 1 radical (unpaired) electrons. The fourth-order valence-corrected chi connectivity index (χ4v) is 2.21. The number of aromatic nitrogens is 2. The van der Waals surface area contributed by atoms with Gasteiger partial charge in [-0.2, -0.15) is 4.98 Å². The Hall–Kier alpha value is -0.330. The standard InChI is InChI=1S/C9H14N3O8P.Na/c10-6-1-2-12(8(14)11-6)9(15)7(13)5(3-20-9)19-4-21(16,17)18;/h1-2,5,7,13,15H,3-4H2,(H2,10,11,14)(H2,16,17,18);/t5-,7+,9?;/m0./s1. The first-order chi connectivity index (χ1) is 9.63. The maximum atomic E-state index is 11.7. The number of nitrogens with zero attached hydrogens (tertiary/aromatic N) is 2. The van der Waals surface area contributed by atoms with E-state index < -0.39 is 37.8 Å². The fraction of sp³-hybridized carbons (Fsp3) is 0.556. The number of aliphatic hydroxyl groups is 2. The molecule has 6 N–H and O–H groups in total. The first-order valence-corrected chi connectivity index (χ1v) is 7.49. The first kappa shape index (κ1) is 19.7. The van der Waals surface area contributed by atoms with Crippen LogP contribution in [0.1, 0.15) is 0 Å². The molecule has 1 aromatic rings. The normalized spacial score (nSPS) is 28.4. The van der Waals surface area contributed by atoms with Crippen LogP contribution in [0.4, 0.5) is 5.82 Å². The number of ether oxygens (including phenoxy) is 2. The van der Waals surface area contributed by atoms with Crippen LogP contribution in [0.3, 0.4) is 0 Å². The molecule has 11 nitrogen and oxygen atoms in total. The molecule has 1 aliphatic heterocycles. The Labute approximate surface area is 146 Å². The van der Waals surface area contributed by atoms with Crippen LogP contribution in [0.2, 0.25) is 0 Å². The van der Waals surface area contributed by atoms with Gasteiger partial charge in [0.25, 0.3) is 5.91 Å². The minimum absolute atomic E-state index is 0.